The van der Waals surface area contributed by atoms with E-state index in [4.69, 9.17) is 0 Å². The maximum atomic E-state index is 14.8. The molecular formula is C29H27F4N5O2S. The van der Waals surface area contributed by atoms with Crippen molar-refractivity contribution in [1.29, 1.82) is 0 Å². The van der Waals surface area contributed by atoms with E-state index in [0.29, 0.717) is 18.6 Å². The Bertz CT molecular complexity index is 1740. The van der Waals surface area contributed by atoms with Gasteiger partial charge in [0, 0.05) is 65.6 Å². The SMILES string of the molecule is C[C@@H]1CN(c2nc(=O)n3c4c(c(-c5ccc(F)cc5)c(C(F)(F)F)cc24)SC[C@@H](n2ccccc2=O)C3)C[C@H](C)N1. The lowest BCUT2D eigenvalue weighted by Gasteiger charge is -2.37. The molecule has 0 spiro atoms. The number of nitrogens with zero attached hydrogens (tertiary/aromatic N) is 4. The van der Waals surface area contributed by atoms with Crippen molar-refractivity contribution >= 4 is 28.5 Å². The van der Waals surface area contributed by atoms with Crippen molar-refractivity contribution in [3.8, 4) is 11.1 Å². The van der Waals surface area contributed by atoms with Crippen LogP contribution in [0.15, 0.2) is 69.2 Å². The number of piperazine rings is 1. The van der Waals surface area contributed by atoms with E-state index in [1.54, 1.807) is 18.3 Å². The Morgan fingerprint density at radius 2 is 1.71 bits per heavy atom. The maximum Gasteiger partial charge on any atom is 0.417 e. The summed E-state index contributed by atoms with van der Waals surface area (Å²) in [6.07, 6.45) is -3.14. The fraction of sp³-hybridized carbons (Fsp3) is 0.345. The van der Waals surface area contributed by atoms with E-state index in [0.717, 1.165) is 30.0 Å². The first-order valence-corrected chi connectivity index (χ1v) is 14.3. The Balaban J connectivity index is 1.68. The normalized spacial score (nSPS) is 21.2. The van der Waals surface area contributed by atoms with Gasteiger partial charge >= 0.3 is 11.9 Å². The summed E-state index contributed by atoms with van der Waals surface area (Å²) < 4.78 is 61.1. The number of pyridine rings is 1. The molecule has 0 radical (unpaired) electrons. The molecule has 0 bridgehead atoms. The van der Waals surface area contributed by atoms with Crippen LogP contribution in [-0.4, -0.2) is 45.0 Å². The Morgan fingerprint density at radius 3 is 2.37 bits per heavy atom. The molecule has 0 unspecified atom stereocenters. The summed E-state index contributed by atoms with van der Waals surface area (Å²) in [6.45, 7) is 4.91. The largest absolute Gasteiger partial charge is 0.417 e. The van der Waals surface area contributed by atoms with Crippen molar-refractivity contribution in [2.24, 2.45) is 0 Å². The number of halogens is 4. The number of benzene rings is 2. The van der Waals surface area contributed by atoms with Gasteiger partial charge < -0.3 is 14.8 Å². The summed E-state index contributed by atoms with van der Waals surface area (Å²) in [6, 6.07) is 10.2. The van der Waals surface area contributed by atoms with Crippen LogP contribution in [0, 0.1) is 5.82 Å². The average Bonchev–Trinajstić information content (AvgIpc) is 3.11. The molecule has 4 aromatic rings. The van der Waals surface area contributed by atoms with Crippen molar-refractivity contribution in [2.45, 2.75) is 49.6 Å². The summed E-state index contributed by atoms with van der Waals surface area (Å²) in [5, 5.41) is 3.61. The first-order valence-electron chi connectivity index (χ1n) is 13.3. The van der Waals surface area contributed by atoms with E-state index in [1.165, 1.54) is 27.3 Å². The van der Waals surface area contributed by atoms with E-state index in [2.05, 4.69) is 10.3 Å². The van der Waals surface area contributed by atoms with Gasteiger partial charge in [0.2, 0.25) is 0 Å². The Morgan fingerprint density at radius 1 is 1.00 bits per heavy atom. The highest BCUT2D eigenvalue weighted by Crippen LogP contribution is 2.48. The van der Waals surface area contributed by atoms with Gasteiger partial charge in [-0.2, -0.15) is 18.2 Å². The van der Waals surface area contributed by atoms with Gasteiger partial charge in [0.1, 0.15) is 11.6 Å². The zero-order chi connectivity index (χ0) is 29.1. The molecule has 2 aliphatic heterocycles. The highest BCUT2D eigenvalue weighted by Gasteiger charge is 2.39. The third-order valence-corrected chi connectivity index (χ3v) is 8.79. The van der Waals surface area contributed by atoms with Gasteiger partial charge in [0.05, 0.1) is 17.1 Å². The van der Waals surface area contributed by atoms with Crippen molar-refractivity contribution in [3.63, 3.8) is 0 Å². The van der Waals surface area contributed by atoms with Crippen molar-refractivity contribution in [3.05, 3.63) is 86.9 Å². The van der Waals surface area contributed by atoms with Crippen LogP contribution in [0.4, 0.5) is 23.4 Å². The number of hydrogen-bond donors (Lipinski definition) is 1. The lowest BCUT2D eigenvalue weighted by Crippen LogP contribution is -2.55. The van der Waals surface area contributed by atoms with Crippen molar-refractivity contribution < 1.29 is 17.6 Å². The molecule has 6 rings (SSSR count). The van der Waals surface area contributed by atoms with E-state index in [9.17, 15) is 27.2 Å². The van der Waals surface area contributed by atoms with Gasteiger partial charge in [-0.3, -0.25) is 9.36 Å². The number of alkyl halides is 3. The first-order chi connectivity index (χ1) is 19.5. The van der Waals surface area contributed by atoms with E-state index < -0.39 is 29.3 Å². The van der Waals surface area contributed by atoms with Gasteiger partial charge in [-0.25, -0.2) is 9.18 Å². The summed E-state index contributed by atoms with van der Waals surface area (Å²) in [5.74, 6) is -0.141. The van der Waals surface area contributed by atoms with Gasteiger partial charge in [-0.15, -0.1) is 11.8 Å². The summed E-state index contributed by atoms with van der Waals surface area (Å²) in [7, 11) is 0. The lowest BCUT2D eigenvalue weighted by molar-refractivity contribution is -0.137. The van der Waals surface area contributed by atoms with Gasteiger partial charge in [0.25, 0.3) is 5.56 Å². The molecule has 4 heterocycles. The summed E-state index contributed by atoms with van der Waals surface area (Å²) >= 11 is 1.16. The second-order valence-electron chi connectivity index (χ2n) is 10.6. The molecule has 214 valence electrons. The molecule has 3 atom stereocenters. The average molecular weight is 586 g/mol. The summed E-state index contributed by atoms with van der Waals surface area (Å²) in [5.41, 5.74) is -1.38. The van der Waals surface area contributed by atoms with Gasteiger partial charge in [-0.05, 0) is 43.7 Å². The van der Waals surface area contributed by atoms with Crippen molar-refractivity contribution in [2.75, 3.05) is 23.7 Å². The fourth-order valence-corrected chi connectivity index (χ4v) is 7.28. The number of nitrogens with one attached hydrogen (secondary N) is 1. The molecular weight excluding hydrogens is 558 g/mol. The quantitative estimate of drug-likeness (QED) is 0.345. The number of aromatic nitrogens is 3. The van der Waals surface area contributed by atoms with E-state index in [1.807, 2.05) is 18.7 Å². The van der Waals surface area contributed by atoms with Crippen LogP contribution in [0.2, 0.25) is 0 Å². The smallest absolute Gasteiger partial charge is 0.353 e. The van der Waals surface area contributed by atoms with Crippen LogP contribution in [0.1, 0.15) is 25.5 Å². The molecule has 41 heavy (non-hydrogen) atoms. The predicted molar refractivity (Wildman–Crippen MR) is 151 cm³/mol. The van der Waals surface area contributed by atoms with E-state index >= 15 is 0 Å². The maximum absolute atomic E-state index is 14.8. The molecule has 1 N–H and O–H groups in total. The molecule has 0 saturated carbocycles. The molecule has 0 aliphatic carbocycles. The zero-order valence-corrected chi connectivity index (χ0v) is 23.1. The Kier molecular flexibility index (Phi) is 6.93. The second-order valence-corrected chi connectivity index (χ2v) is 11.7. The highest BCUT2D eigenvalue weighted by atomic mass is 32.2. The molecule has 1 saturated heterocycles. The van der Waals surface area contributed by atoms with Crippen LogP contribution in [-0.2, 0) is 12.7 Å². The van der Waals surface area contributed by atoms with Crippen LogP contribution in [0.5, 0.6) is 0 Å². The van der Waals surface area contributed by atoms with Crippen LogP contribution in [0.25, 0.3) is 22.0 Å². The molecule has 0 amide bonds. The lowest BCUT2D eigenvalue weighted by atomic mass is 9.96. The number of rotatable bonds is 3. The van der Waals surface area contributed by atoms with Crippen LogP contribution >= 0.6 is 11.8 Å². The van der Waals surface area contributed by atoms with Gasteiger partial charge in [0.15, 0.2) is 0 Å². The van der Waals surface area contributed by atoms with Crippen LogP contribution in [0.3, 0.4) is 0 Å². The molecule has 2 aromatic heterocycles. The van der Waals surface area contributed by atoms with Crippen LogP contribution < -0.4 is 21.5 Å². The first kappa shape index (κ1) is 27.5. The molecule has 7 nitrogen and oxygen atoms in total. The topological polar surface area (TPSA) is 72.2 Å². The number of hydrogen-bond acceptors (Lipinski definition) is 6. The monoisotopic (exact) mass is 585 g/mol. The highest BCUT2D eigenvalue weighted by molar-refractivity contribution is 7.99. The fourth-order valence-electron chi connectivity index (χ4n) is 5.92. The minimum atomic E-state index is -4.75. The van der Waals surface area contributed by atoms with E-state index in [-0.39, 0.29) is 57.2 Å². The molecule has 2 aliphatic rings. The number of anilines is 1. The third-order valence-electron chi connectivity index (χ3n) is 7.55. The van der Waals surface area contributed by atoms with Gasteiger partial charge in [-0.1, -0.05) is 18.2 Å². The predicted octanol–water partition coefficient (Wildman–Crippen LogP) is 4.92. The third kappa shape index (κ3) is 5.03. The zero-order valence-electron chi connectivity index (χ0n) is 22.3. The summed E-state index contributed by atoms with van der Waals surface area (Å²) in [4.78, 5) is 32.9. The standard InChI is InChI=1S/C29H27F4N5O2S/c1-16-12-36(13-17(2)34-16)27-21-11-22(29(31,32)33)24(18-6-8-19(30)9-7-18)26-25(21)38(28(40)35-27)14-20(15-41-26)37-10-4-3-5-23(37)39/h3-11,16-17,20,34H,12-15H2,1-2H3/t16-,17+,20-/m0/s1. The molecule has 2 aromatic carbocycles. The second kappa shape index (κ2) is 10.3. The Hall–Kier alpha value is -3.64. The minimum absolute atomic E-state index is 0.0254. The molecule has 1 fully saturated rings. The molecule has 12 heteroatoms. The van der Waals surface area contributed by atoms with Crippen molar-refractivity contribution in [1.82, 2.24) is 19.4 Å². The minimum Gasteiger partial charge on any atom is -0.353 e. The number of thioether (sulfide) groups is 1. The Labute approximate surface area is 236 Å².